The fourth-order valence-corrected chi connectivity index (χ4v) is 5.22. The number of amides is 1. The van der Waals surface area contributed by atoms with Gasteiger partial charge in [0.1, 0.15) is 6.10 Å². The minimum atomic E-state index is -1.11. The van der Waals surface area contributed by atoms with Gasteiger partial charge < -0.3 is 14.7 Å². The quantitative estimate of drug-likeness (QED) is 0.248. The van der Waals surface area contributed by atoms with E-state index in [4.69, 9.17) is 39.5 Å². The third-order valence-electron chi connectivity index (χ3n) is 6.63. The third-order valence-corrected chi connectivity index (χ3v) is 7.44. The molecule has 3 aromatic carbocycles. The van der Waals surface area contributed by atoms with Crippen molar-refractivity contribution in [2.75, 3.05) is 13.1 Å². The Morgan fingerprint density at radius 3 is 2.30 bits per heavy atom. The highest BCUT2D eigenvalue weighted by Crippen LogP contribution is 2.34. The Morgan fingerprint density at radius 1 is 0.975 bits per heavy atom. The van der Waals surface area contributed by atoms with Gasteiger partial charge in [0, 0.05) is 47.1 Å². The number of para-hydroxylation sites is 1. The number of benzene rings is 3. The van der Waals surface area contributed by atoms with E-state index in [1.54, 1.807) is 59.5 Å². The van der Waals surface area contributed by atoms with Crippen LogP contribution in [0.1, 0.15) is 28.9 Å². The number of aromatic nitrogens is 2. The van der Waals surface area contributed by atoms with Gasteiger partial charge in [-0.05, 0) is 42.5 Å². The summed E-state index contributed by atoms with van der Waals surface area (Å²) >= 11 is 18.4. The molecule has 0 atom stereocenters. The molecule has 0 aliphatic carbocycles. The number of ether oxygens (including phenoxy) is 1. The molecule has 4 aromatic rings. The molecule has 40 heavy (non-hydrogen) atoms. The zero-order valence-corrected chi connectivity index (χ0v) is 23.3. The lowest BCUT2D eigenvalue weighted by Crippen LogP contribution is -2.42. The van der Waals surface area contributed by atoms with E-state index < -0.39 is 24.1 Å². The highest BCUT2D eigenvalue weighted by atomic mass is 35.5. The molecule has 0 bridgehead atoms. The molecule has 0 saturated carbocycles. The van der Waals surface area contributed by atoms with Crippen LogP contribution < -0.4 is 4.74 Å². The second kappa shape index (κ2) is 11.9. The average molecular weight is 603 g/mol. The predicted molar refractivity (Wildman–Crippen MR) is 151 cm³/mol. The highest BCUT2D eigenvalue weighted by molar-refractivity contribution is 6.32. The first kappa shape index (κ1) is 28.0. The number of likely N-dealkylation sites (tertiary alicyclic amines) is 1. The molecule has 1 aliphatic rings. The van der Waals surface area contributed by atoms with Crippen molar-refractivity contribution in [1.29, 1.82) is 0 Å². The van der Waals surface area contributed by atoms with Crippen LogP contribution in [-0.2, 0) is 11.2 Å². The number of nitrogens with zero attached hydrogens (tertiary/aromatic N) is 3. The fourth-order valence-electron chi connectivity index (χ4n) is 4.72. The van der Waals surface area contributed by atoms with Gasteiger partial charge in [0.05, 0.1) is 22.8 Å². The van der Waals surface area contributed by atoms with Crippen molar-refractivity contribution in [3.05, 3.63) is 98.9 Å². The minimum Gasteiger partial charge on any atom is -0.487 e. The van der Waals surface area contributed by atoms with E-state index in [1.807, 2.05) is 0 Å². The van der Waals surface area contributed by atoms with Gasteiger partial charge >= 0.3 is 5.97 Å². The average Bonchev–Trinajstić information content (AvgIpc) is 3.29. The van der Waals surface area contributed by atoms with Crippen molar-refractivity contribution >= 4 is 46.7 Å². The van der Waals surface area contributed by atoms with E-state index in [-0.39, 0.29) is 28.1 Å². The summed E-state index contributed by atoms with van der Waals surface area (Å²) in [4.78, 5) is 27.4. The molecular formula is C29H23Cl3FN3O4. The molecule has 1 fully saturated rings. The van der Waals surface area contributed by atoms with Crippen LogP contribution >= 0.6 is 34.8 Å². The summed E-state index contributed by atoms with van der Waals surface area (Å²) in [6, 6.07) is 18.0. The molecule has 0 spiro atoms. The Kier molecular flexibility index (Phi) is 8.30. The molecule has 1 aliphatic heterocycles. The van der Waals surface area contributed by atoms with Gasteiger partial charge in [0.25, 0.3) is 5.91 Å². The van der Waals surface area contributed by atoms with Crippen molar-refractivity contribution in [3.63, 3.8) is 0 Å². The molecule has 7 nitrogen and oxygen atoms in total. The number of carboxylic acid groups (broad SMARTS) is 1. The first-order valence-corrected chi connectivity index (χ1v) is 13.6. The first-order chi connectivity index (χ1) is 19.2. The molecule has 11 heteroatoms. The number of hydrogen-bond acceptors (Lipinski definition) is 4. The minimum absolute atomic E-state index is 0.0235. The molecule has 206 valence electrons. The molecule has 0 unspecified atom stereocenters. The summed E-state index contributed by atoms with van der Waals surface area (Å²) in [5, 5.41) is 15.6. The van der Waals surface area contributed by atoms with Crippen molar-refractivity contribution < 1.29 is 23.8 Å². The second-order valence-corrected chi connectivity index (χ2v) is 10.6. The summed E-state index contributed by atoms with van der Waals surface area (Å²) in [6.07, 6.45) is 0.177. The van der Waals surface area contributed by atoms with Crippen LogP contribution in [0.2, 0.25) is 15.1 Å². The Hall–Kier alpha value is -3.59. The van der Waals surface area contributed by atoms with Crippen LogP contribution in [0.3, 0.4) is 0 Å². The maximum atomic E-state index is 14.2. The lowest BCUT2D eigenvalue weighted by atomic mass is 10.0. The summed E-state index contributed by atoms with van der Waals surface area (Å²) in [7, 11) is 0. The SMILES string of the molecule is O=C(O)Cc1c(C(=O)N2CCC(Oc3ccc(Cl)cc3F)CC2)nn(-c2ccccc2Cl)c1-c1ccc(Cl)cc1. The fraction of sp³-hybridized carbons (Fsp3) is 0.207. The highest BCUT2D eigenvalue weighted by Gasteiger charge is 2.32. The smallest absolute Gasteiger partial charge is 0.307 e. The van der Waals surface area contributed by atoms with Crippen LogP contribution in [0.15, 0.2) is 66.7 Å². The molecule has 2 heterocycles. The summed E-state index contributed by atoms with van der Waals surface area (Å²) in [6.45, 7) is 0.640. The summed E-state index contributed by atoms with van der Waals surface area (Å²) < 4.78 is 21.5. The summed E-state index contributed by atoms with van der Waals surface area (Å²) in [5.41, 5.74) is 1.85. The van der Waals surface area contributed by atoms with E-state index in [0.29, 0.717) is 52.9 Å². The van der Waals surface area contributed by atoms with Gasteiger partial charge in [-0.1, -0.05) is 59.1 Å². The number of piperidine rings is 1. The standard InChI is InChI=1S/C29H23Cl3FN3O4/c30-18-7-5-17(6-8-18)28-21(16-26(37)38)27(34-36(28)24-4-2-1-3-22(24)32)29(39)35-13-11-20(12-14-35)40-25-10-9-19(31)15-23(25)33/h1-10,15,20H,11-14,16H2,(H,37,38). The van der Waals surface area contributed by atoms with Crippen molar-refractivity contribution in [2.24, 2.45) is 0 Å². The number of carbonyl (C=O) groups is 2. The predicted octanol–water partition coefficient (Wildman–Crippen LogP) is 6.95. The normalized spacial score (nSPS) is 13.8. The Labute approximate surface area is 244 Å². The van der Waals surface area contributed by atoms with Crippen molar-refractivity contribution in [2.45, 2.75) is 25.4 Å². The number of carbonyl (C=O) groups excluding carboxylic acids is 1. The molecule has 5 rings (SSSR count). The first-order valence-electron chi connectivity index (χ1n) is 12.5. The number of hydrogen-bond donors (Lipinski definition) is 1. The second-order valence-electron chi connectivity index (χ2n) is 9.30. The maximum absolute atomic E-state index is 14.2. The molecule has 0 radical (unpaired) electrons. The van der Waals surface area contributed by atoms with E-state index >= 15 is 0 Å². The van der Waals surface area contributed by atoms with E-state index in [1.165, 1.54) is 16.8 Å². The van der Waals surface area contributed by atoms with Gasteiger partial charge in [0.15, 0.2) is 17.3 Å². The molecule has 1 amide bonds. The molecule has 1 saturated heterocycles. The Morgan fingerprint density at radius 2 is 1.65 bits per heavy atom. The monoisotopic (exact) mass is 601 g/mol. The largest absolute Gasteiger partial charge is 0.487 e. The van der Waals surface area contributed by atoms with E-state index in [9.17, 15) is 19.1 Å². The molecule has 1 N–H and O–H groups in total. The van der Waals surface area contributed by atoms with Gasteiger partial charge in [-0.3, -0.25) is 9.59 Å². The lowest BCUT2D eigenvalue weighted by molar-refractivity contribution is -0.136. The van der Waals surface area contributed by atoms with E-state index in [0.717, 1.165) is 0 Å². The molecular weight excluding hydrogens is 580 g/mol. The topological polar surface area (TPSA) is 84.7 Å². The lowest BCUT2D eigenvalue weighted by Gasteiger charge is -2.32. The van der Waals surface area contributed by atoms with Crippen molar-refractivity contribution in [3.8, 4) is 22.7 Å². The number of halogens is 4. The van der Waals surface area contributed by atoms with Crippen LogP contribution in [0.25, 0.3) is 16.9 Å². The third kappa shape index (κ3) is 5.94. The van der Waals surface area contributed by atoms with Crippen molar-refractivity contribution in [1.82, 2.24) is 14.7 Å². The van der Waals surface area contributed by atoms with Gasteiger partial charge in [-0.15, -0.1) is 0 Å². The van der Waals surface area contributed by atoms with Gasteiger partial charge in [-0.2, -0.15) is 5.10 Å². The zero-order chi connectivity index (χ0) is 28.4. The number of rotatable bonds is 7. The maximum Gasteiger partial charge on any atom is 0.307 e. The van der Waals surface area contributed by atoms with Crippen LogP contribution in [0, 0.1) is 5.82 Å². The molecule has 1 aromatic heterocycles. The number of carboxylic acids is 1. The zero-order valence-electron chi connectivity index (χ0n) is 21.0. The summed E-state index contributed by atoms with van der Waals surface area (Å²) in [5.74, 6) is -1.97. The van der Waals surface area contributed by atoms with Crippen LogP contribution in [0.4, 0.5) is 4.39 Å². The van der Waals surface area contributed by atoms with Crippen LogP contribution in [0.5, 0.6) is 5.75 Å². The van der Waals surface area contributed by atoms with Gasteiger partial charge in [0.2, 0.25) is 0 Å². The Bertz CT molecular complexity index is 1570. The van der Waals surface area contributed by atoms with Gasteiger partial charge in [-0.25, -0.2) is 9.07 Å². The number of aliphatic carboxylic acids is 1. The van der Waals surface area contributed by atoms with Crippen LogP contribution in [-0.4, -0.2) is 50.9 Å². The van der Waals surface area contributed by atoms with E-state index in [2.05, 4.69) is 5.10 Å². The Balaban J connectivity index is 1.48.